The summed E-state index contributed by atoms with van der Waals surface area (Å²) in [5.74, 6) is 1.80. The lowest BCUT2D eigenvalue weighted by Gasteiger charge is -2.31. The normalized spacial score (nSPS) is 17.9. The molecule has 2 aromatic heterocycles. The second-order valence-corrected chi connectivity index (χ2v) is 7.39. The van der Waals surface area contributed by atoms with E-state index < -0.39 is 0 Å². The second kappa shape index (κ2) is 7.69. The molecule has 7 nitrogen and oxygen atoms in total. The summed E-state index contributed by atoms with van der Waals surface area (Å²) in [5, 5.41) is 2.69. The SMILES string of the molecule is CC(=O)Nc1cc(C2=CCC(=O)c3cc(CN4CCN(C)CC4)oc32)ccn1. The van der Waals surface area contributed by atoms with Crippen molar-refractivity contribution in [3.05, 3.63) is 53.1 Å². The van der Waals surface area contributed by atoms with Gasteiger partial charge in [-0.25, -0.2) is 4.98 Å². The summed E-state index contributed by atoms with van der Waals surface area (Å²) >= 11 is 0. The Morgan fingerprint density at radius 2 is 2.04 bits per heavy atom. The van der Waals surface area contributed by atoms with E-state index in [1.165, 1.54) is 6.92 Å². The van der Waals surface area contributed by atoms with Gasteiger partial charge >= 0.3 is 0 Å². The molecule has 1 aliphatic carbocycles. The molecule has 2 aromatic rings. The Hall–Kier alpha value is -2.77. The van der Waals surface area contributed by atoms with E-state index >= 15 is 0 Å². The molecule has 4 rings (SSSR count). The van der Waals surface area contributed by atoms with E-state index in [9.17, 15) is 9.59 Å². The number of carbonyl (C=O) groups is 2. The Morgan fingerprint density at radius 1 is 1.25 bits per heavy atom. The van der Waals surface area contributed by atoms with Crippen molar-refractivity contribution in [2.75, 3.05) is 38.5 Å². The summed E-state index contributed by atoms with van der Waals surface area (Å²) in [6, 6.07) is 5.55. The van der Waals surface area contributed by atoms with Gasteiger partial charge in [-0.3, -0.25) is 14.5 Å². The molecule has 1 amide bonds. The lowest BCUT2D eigenvalue weighted by molar-refractivity contribution is -0.114. The summed E-state index contributed by atoms with van der Waals surface area (Å²) in [4.78, 5) is 32.6. The quantitative estimate of drug-likeness (QED) is 0.878. The molecule has 0 bridgehead atoms. The first-order chi connectivity index (χ1) is 13.5. The molecule has 1 aliphatic heterocycles. The maximum atomic E-state index is 12.4. The number of ketones is 1. The van der Waals surface area contributed by atoms with Gasteiger partial charge in [-0.1, -0.05) is 6.08 Å². The highest BCUT2D eigenvalue weighted by atomic mass is 16.3. The van der Waals surface area contributed by atoms with Crippen LogP contribution in [0.4, 0.5) is 5.82 Å². The number of rotatable bonds is 4. The number of anilines is 1. The molecule has 28 heavy (non-hydrogen) atoms. The van der Waals surface area contributed by atoms with Crippen molar-refractivity contribution in [1.29, 1.82) is 0 Å². The molecule has 0 radical (unpaired) electrons. The van der Waals surface area contributed by atoms with Crippen LogP contribution >= 0.6 is 0 Å². The number of piperazine rings is 1. The van der Waals surface area contributed by atoms with E-state index in [-0.39, 0.29) is 11.7 Å². The van der Waals surface area contributed by atoms with E-state index in [2.05, 4.69) is 27.1 Å². The number of hydrogen-bond donors (Lipinski definition) is 1. The minimum Gasteiger partial charge on any atom is -0.459 e. The topological polar surface area (TPSA) is 78.7 Å². The Labute approximate surface area is 164 Å². The zero-order valence-corrected chi connectivity index (χ0v) is 16.2. The van der Waals surface area contributed by atoms with Crippen molar-refractivity contribution in [3.8, 4) is 0 Å². The van der Waals surface area contributed by atoms with Crippen LogP contribution in [0.1, 0.15) is 40.8 Å². The number of Topliss-reactive ketones (excluding diaryl/α,β-unsaturated/α-hetero) is 1. The molecular weight excluding hydrogens is 356 g/mol. The standard InChI is InChI=1S/C21H24N4O3/c1-14(26)23-20-11-15(5-6-22-20)17-3-4-19(27)18-12-16(28-21(17)18)13-25-9-7-24(2)8-10-25/h3,5-6,11-12H,4,7-10,13H2,1-2H3,(H,22,23,26). The van der Waals surface area contributed by atoms with Crippen LogP contribution in [0.15, 0.2) is 34.9 Å². The number of nitrogens with one attached hydrogen (secondary N) is 1. The number of allylic oxidation sites excluding steroid dienone is 1. The summed E-state index contributed by atoms with van der Waals surface area (Å²) in [6.07, 6.45) is 3.87. The van der Waals surface area contributed by atoms with Crippen LogP contribution in [-0.2, 0) is 11.3 Å². The average Bonchev–Trinajstić information content (AvgIpc) is 3.08. The van der Waals surface area contributed by atoms with Gasteiger partial charge in [0.05, 0.1) is 12.1 Å². The first-order valence-electron chi connectivity index (χ1n) is 9.51. The van der Waals surface area contributed by atoms with Gasteiger partial charge in [0.1, 0.15) is 17.3 Å². The highest BCUT2D eigenvalue weighted by Gasteiger charge is 2.26. The third-order valence-electron chi connectivity index (χ3n) is 5.17. The fourth-order valence-electron chi connectivity index (χ4n) is 3.65. The van der Waals surface area contributed by atoms with Crippen LogP contribution in [0.2, 0.25) is 0 Å². The Morgan fingerprint density at radius 3 is 2.79 bits per heavy atom. The Bertz CT molecular complexity index is 939. The van der Waals surface area contributed by atoms with Gasteiger partial charge in [-0.05, 0) is 30.8 Å². The summed E-state index contributed by atoms with van der Waals surface area (Å²) in [7, 11) is 2.13. The van der Waals surface area contributed by atoms with E-state index in [0.717, 1.165) is 43.1 Å². The van der Waals surface area contributed by atoms with Crippen molar-refractivity contribution in [3.63, 3.8) is 0 Å². The maximum absolute atomic E-state index is 12.4. The average molecular weight is 380 g/mol. The van der Waals surface area contributed by atoms with Gasteiger partial charge in [-0.2, -0.15) is 0 Å². The zero-order valence-electron chi connectivity index (χ0n) is 16.2. The fourth-order valence-corrected chi connectivity index (χ4v) is 3.65. The number of pyridine rings is 1. The molecule has 0 unspecified atom stereocenters. The minimum absolute atomic E-state index is 0.0725. The number of hydrogen-bond acceptors (Lipinski definition) is 6. The van der Waals surface area contributed by atoms with Crippen LogP contribution in [0, 0.1) is 0 Å². The third-order valence-corrected chi connectivity index (χ3v) is 5.17. The molecule has 0 saturated carbocycles. The van der Waals surface area contributed by atoms with Gasteiger partial charge in [0.15, 0.2) is 5.78 Å². The first kappa shape index (κ1) is 18.6. The number of amides is 1. The Balaban J connectivity index is 1.60. The van der Waals surface area contributed by atoms with Crippen LogP contribution < -0.4 is 5.32 Å². The molecule has 3 heterocycles. The number of furan rings is 1. The largest absolute Gasteiger partial charge is 0.459 e. The monoisotopic (exact) mass is 380 g/mol. The van der Waals surface area contributed by atoms with Gasteiger partial charge in [0, 0.05) is 51.3 Å². The van der Waals surface area contributed by atoms with Crippen molar-refractivity contribution >= 4 is 23.1 Å². The predicted molar refractivity (Wildman–Crippen MR) is 106 cm³/mol. The minimum atomic E-state index is -0.175. The van der Waals surface area contributed by atoms with E-state index in [1.54, 1.807) is 12.3 Å². The summed E-state index contributed by atoms with van der Waals surface area (Å²) in [5.41, 5.74) is 2.38. The highest BCUT2D eigenvalue weighted by molar-refractivity contribution is 6.06. The number of fused-ring (bicyclic) bond motifs is 1. The molecule has 1 saturated heterocycles. The molecule has 0 atom stereocenters. The lowest BCUT2D eigenvalue weighted by atomic mass is 9.92. The second-order valence-electron chi connectivity index (χ2n) is 7.39. The first-order valence-corrected chi connectivity index (χ1v) is 9.51. The smallest absolute Gasteiger partial charge is 0.222 e. The number of carbonyl (C=O) groups excluding carboxylic acids is 2. The van der Waals surface area contributed by atoms with Gasteiger partial charge in [-0.15, -0.1) is 0 Å². The number of likely N-dealkylation sites (N-methyl/N-ethyl adjacent to an activating group) is 1. The maximum Gasteiger partial charge on any atom is 0.222 e. The molecule has 146 valence electrons. The van der Waals surface area contributed by atoms with E-state index in [0.29, 0.717) is 30.1 Å². The van der Waals surface area contributed by atoms with Gasteiger partial charge in [0.25, 0.3) is 0 Å². The van der Waals surface area contributed by atoms with E-state index in [4.69, 9.17) is 4.42 Å². The third kappa shape index (κ3) is 3.90. The van der Waals surface area contributed by atoms with Crippen LogP contribution in [-0.4, -0.2) is 59.7 Å². The highest BCUT2D eigenvalue weighted by Crippen LogP contribution is 2.34. The molecule has 0 spiro atoms. The summed E-state index contributed by atoms with van der Waals surface area (Å²) < 4.78 is 6.14. The van der Waals surface area contributed by atoms with Gasteiger partial charge in [0.2, 0.25) is 5.91 Å². The predicted octanol–water partition coefficient (Wildman–Crippen LogP) is 2.40. The van der Waals surface area contributed by atoms with Crippen LogP contribution in [0.5, 0.6) is 0 Å². The molecule has 2 aliphatic rings. The number of nitrogens with zero attached hydrogens (tertiary/aromatic N) is 3. The molecule has 7 heteroatoms. The molecular formula is C21H24N4O3. The van der Waals surface area contributed by atoms with Crippen molar-refractivity contribution in [2.45, 2.75) is 19.9 Å². The fraction of sp³-hybridized carbons (Fsp3) is 0.381. The lowest BCUT2D eigenvalue weighted by Crippen LogP contribution is -2.43. The number of aromatic nitrogens is 1. The molecule has 0 aromatic carbocycles. The molecule has 1 N–H and O–H groups in total. The van der Waals surface area contributed by atoms with Crippen molar-refractivity contribution < 1.29 is 14.0 Å². The van der Waals surface area contributed by atoms with Crippen molar-refractivity contribution in [2.24, 2.45) is 0 Å². The van der Waals surface area contributed by atoms with Crippen LogP contribution in [0.25, 0.3) is 5.57 Å². The molecule has 1 fully saturated rings. The van der Waals surface area contributed by atoms with Crippen LogP contribution in [0.3, 0.4) is 0 Å². The van der Waals surface area contributed by atoms with Gasteiger partial charge < -0.3 is 14.6 Å². The van der Waals surface area contributed by atoms with E-state index in [1.807, 2.05) is 18.2 Å². The zero-order chi connectivity index (χ0) is 19.7. The summed E-state index contributed by atoms with van der Waals surface area (Å²) in [6.45, 7) is 6.20. The van der Waals surface area contributed by atoms with Crippen molar-refractivity contribution in [1.82, 2.24) is 14.8 Å². The Kier molecular flexibility index (Phi) is 5.11.